The van der Waals surface area contributed by atoms with Gasteiger partial charge in [-0.2, -0.15) is 0 Å². The molecule has 0 atom stereocenters. The first-order valence-electron chi connectivity index (χ1n) is 8.22. The van der Waals surface area contributed by atoms with E-state index >= 15 is 0 Å². The molecule has 0 radical (unpaired) electrons. The minimum absolute atomic E-state index is 0.254. The van der Waals surface area contributed by atoms with Crippen LogP contribution in [-0.2, 0) is 12.1 Å². The zero-order valence-corrected chi connectivity index (χ0v) is 14.9. The number of ether oxygens (including phenoxy) is 2. The van der Waals surface area contributed by atoms with Crippen LogP contribution in [0.2, 0.25) is 5.15 Å². The Morgan fingerprint density at radius 2 is 1.88 bits per heavy atom. The summed E-state index contributed by atoms with van der Waals surface area (Å²) in [5.41, 5.74) is 2.76. The molecule has 0 spiro atoms. The number of pyridine rings is 1. The number of benzene rings is 2. The molecule has 5 heteroatoms. The maximum absolute atomic E-state index is 6.37. The van der Waals surface area contributed by atoms with Crippen LogP contribution in [0.4, 0.5) is 0 Å². The normalized spacial score (nSPS) is 13.4. The summed E-state index contributed by atoms with van der Waals surface area (Å²) < 4.78 is 10.9. The second-order valence-electron chi connectivity index (χ2n) is 6.68. The highest BCUT2D eigenvalue weighted by Crippen LogP contribution is 2.35. The molecule has 4 rings (SSSR count). The lowest BCUT2D eigenvalue weighted by atomic mass is 9.93. The van der Waals surface area contributed by atoms with Crippen LogP contribution in [0.15, 0.2) is 48.5 Å². The second kappa shape index (κ2) is 6.21. The van der Waals surface area contributed by atoms with Gasteiger partial charge in [0.1, 0.15) is 5.15 Å². The van der Waals surface area contributed by atoms with E-state index in [9.17, 15) is 0 Å². The van der Waals surface area contributed by atoms with Gasteiger partial charge in [0.25, 0.3) is 0 Å². The molecule has 1 aliphatic rings. The topological polar surface area (TPSA) is 43.4 Å². The first-order valence-corrected chi connectivity index (χ1v) is 8.60. The van der Waals surface area contributed by atoms with Crippen LogP contribution < -0.4 is 14.8 Å². The zero-order chi connectivity index (χ0) is 17.4. The first kappa shape index (κ1) is 16.2. The van der Waals surface area contributed by atoms with Crippen molar-refractivity contribution in [2.24, 2.45) is 0 Å². The molecule has 1 aromatic heterocycles. The minimum atomic E-state index is -0.254. The lowest BCUT2D eigenvalue weighted by Crippen LogP contribution is -2.36. The van der Waals surface area contributed by atoms with Crippen LogP contribution in [0.3, 0.4) is 0 Å². The van der Waals surface area contributed by atoms with E-state index in [1.54, 1.807) is 0 Å². The van der Waals surface area contributed by atoms with Crippen LogP contribution in [0.5, 0.6) is 11.5 Å². The van der Waals surface area contributed by atoms with Crippen LogP contribution in [0, 0.1) is 0 Å². The van der Waals surface area contributed by atoms with Crippen molar-refractivity contribution >= 4 is 22.5 Å². The zero-order valence-electron chi connectivity index (χ0n) is 14.2. The first-order chi connectivity index (χ1) is 12.0. The van der Waals surface area contributed by atoms with Gasteiger partial charge in [0.15, 0.2) is 11.5 Å². The number of halogens is 1. The average molecular weight is 355 g/mol. The average Bonchev–Trinajstić information content (AvgIpc) is 3.07. The maximum atomic E-state index is 6.37. The Morgan fingerprint density at radius 1 is 1.08 bits per heavy atom. The Hall–Kier alpha value is -2.30. The summed E-state index contributed by atoms with van der Waals surface area (Å²) in [5.74, 6) is 1.58. The fourth-order valence-corrected chi connectivity index (χ4v) is 3.18. The summed E-state index contributed by atoms with van der Waals surface area (Å²) in [6, 6.07) is 16.1. The highest BCUT2D eigenvalue weighted by molar-refractivity contribution is 6.30. The standard InChI is InChI=1S/C20H19ClN2O2/c1-20(2,15-7-8-17-18(10-15)25-12-24-17)22-11-14-9-13-5-3-4-6-16(13)23-19(14)21/h3-10,22H,11-12H2,1-2H3. The van der Waals surface area contributed by atoms with Gasteiger partial charge in [0, 0.05) is 23.0 Å². The van der Waals surface area contributed by atoms with Gasteiger partial charge in [-0.25, -0.2) is 4.98 Å². The number of nitrogens with one attached hydrogen (secondary N) is 1. The molecule has 1 N–H and O–H groups in total. The van der Waals surface area contributed by atoms with E-state index in [0.717, 1.165) is 33.5 Å². The molecular weight excluding hydrogens is 336 g/mol. The summed E-state index contributed by atoms with van der Waals surface area (Å²) in [5, 5.41) is 5.19. The Bertz CT molecular complexity index is 940. The van der Waals surface area contributed by atoms with Gasteiger partial charge >= 0.3 is 0 Å². The van der Waals surface area contributed by atoms with Gasteiger partial charge in [-0.15, -0.1) is 0 Å². The van der Waals surface area contributed by atoms with Crippen LogP contribution >= 0.6 is 11.6 Å². The Labute approximate surface area is 151 Å². The number of nitrogens with zero attached hydrogens (tertiary/aromatic N) is 1. The molecule has 3 aromatic rings. The van der Waals surface area contributed by atoms with Gasteiger partial charge in [0.05, 0.1) is 5.52 Å². The number of para-hydroxylation sites is 1. The van der Waals surface area contributed by atoms with E-state index in [0.29, 0.717) is 11.7 Å². The molecule has 0 bridgehead atoms. The molecule has 0 saturated heterocycles. The summed E-state index contributed by atoms with van der Waals surface area (Å²) in [7, 11) is 0. The smallest absolute Gasteiger partial charge is 0.231 e. The quantitative estimate of drug-likeness (QED) is 0.693. The third-order valence-electron chi connectivity index (χ3n) is 4.57. The van der Waals surface area contributed by atoms with E-state index in [1.165, 1.54) is 0 Å². The largest absolute Gasteiger partial charge is 0.454 e. The SMILES string of the molecule is CC(C)(NCc1cc2ccccc2nc1Cl)c1ccc2c(c1)OCO2. The Morgan fingerprint density at radius 3 is 2.76 bits per heavy atom. The highest BCUT2D eigenvalue weighted by atomic mass is 35.5. The van der Waals surface area contributed by atoms with Crippen molar-refractivity contribution in [3.05, 3.63) is 64.8 Å². The third kappa shape index (κ3) is 3.15. The van der Waals surface area contributed by atoms with Crippen molar-refractivity contribution in [2.45, 2.75) is 25.9 Å². The molecule has 0 saturated carbocycles. The monoisotopic (exact) mass is 354 g/mol. The lowest BCUT2D eigenvalue weighted by Gasteiger charge is -2.27. The molecule has 25 heavy (non-hydrogen) atoms. The summed E-state index contributed by atoms with van der Waals surface area (Å²) in [6.07, 6.45) is 0. The van der Waals surface area contributed by atoms with Crippen LogP contribution in [0.1, 0.15) is 25.0 Å². The van der Waals surface area contributed by atoms with Gasteiger partial charge in [-0.1, -0.05) is 35.9 Å². The molecule has 2 heterocycles. The molecule has 4 nitrogen and oxygen atoms in total. The number of fused-ring (bicyclic) bond motifs is 2. The van der Waals surface area contributed by atoms with Gasteiger partial charge in [-0.05, 0) is 43.7 Å². The predicted molar refractivity (Wildman–Crippen MR) is 99.2 cm³/mol. The lowest BCUT2D eigenvalue weighted by molar-refractivity contribution is 0.174. The Balaban J connectivity index is 1.56. The number of hydrogen-bond acceptors (Lipinski definition) is 4. The second-order valence-corrected chi connectivity index (χ2v) is 7.04. The van der Waals surface area contributed by atoms with Crippen molar-refractivity contribution in [3.63, 3.8) is 0 Å². The van der Waals surface area contributed by atoms with Crippen molar-refractivity contribution < 1.29 is 9.47 Å². The fourth-order valence-electron chi connectivity index (χ4n) is 2.96. The molecular formula is C20H19ClN2O2. The van der Waals surface area contributed by atoms with E-state index < -0.39 is 0 Å². The van der Waals surface area contributed by atoms with Crippen molar-refractivity contribution in [1.29, 1.82) is 0 Å². The van der Waals surface area contributed by atoms with Crippen molar-refractivity contribution in [3.8, 4) is 11.5 Å². The van der Waals surface area contributed by atoms with E-state index in [2.05, 4.69) is 36.3 Å². The predicted octanol–water partition coefficient (Wildman–Crippen LogP) is 4.64. The molecule has 0 fully saturated rings. The molecule has 128 valence electrons. The summed E-state index contributed by atoms with van der Waals surface area (Å²) >= 11 is 6.37. The number of rotatable bonds is 4. The minimum Gasteiger partial charge on any atom is -0.454 e. The van der Waals surface area contributed by atoms with Crippen LogP contribution in [-0.4, -0.2) is 11.8 Å². The van der Waals surface area contributed by atoms with Gasteiger partial charge < -0.3 is 14.8 Å². The summed E-state index contributed by atoms with van der Waals surface area (Å²) in [6.45, 7) is 5.17. The summed E-state index contributed by atoms with van der Waals surface area (Å²) in [4.78, 5) is 4.49. The third-order valence-corrected chi connectivity index (χ3v) is 4.89. The molecule has 1 aliphatic heterocycles. The van der Waals surface area contributed by atoms with Crippen molar-refractivity contribution in [1.82, 2.24) is 10.3 Å². The molecule has 0 aliphatic carbocycles. The maximum Gasteiger partial charge on any atom is 0.231 e. The van der Waals surface area contributed by atoms with E-state index in [1.807, 2.05) is 36.4 Å². The number of aromatic nitrogens is 1. The van der Waals surface area contributed by atoms with E-state index in [-0.39, 0.29) is 12.3 Å². The van der Waals surface area contributed by atoms with Gasteiger partial charge in [0.2, 0.25) is 6.79 Å². The molecule has 0 unspecified atom stereocenters. The highest BCUT2D eigenvalue weighted by Gasteiger charge is 2.23. The van der Waals surface area contributed by atoms with Crippen LogP contribution in [0.25, 0.3) is 10.9 Å². The van der Waals surface area contributed by atoms with Crippen molar-refractivity contribution in [2.75, 3.05) is 6.79 Å². The van der Waals surface area contributed by atoms with E-state index in [4.69, 9.17) is 21.1 Å². The molecule has 0 amide bonds. The number of hydrogen-bond donors (Lipinski definition) is 1. The Kier molecular flexibility index (Phi) is 4.02. The fraction of sp³-hybridized carbons (Fsp3) is 0.250. The molecule has 2 aromatic carbocycles. The van der Waals surface area contributed by atoms with Gasteiger partial charge in [-0.3, -0.25) is 0 Å².